The maximum Gasteiger partial charge on any atom is 0.260 e. The molecule has 0 aliphatic heterocycles. The summed E-state index contributed by atoms with van der Waals surface area (Å²) in [5.41, 5.74) is 7.03. The van der Waals surface area contributed by atoms with Crippen molar-refractivity contribution in [3.8, 4) is 0 Å². The first-order valence-electron chi connectivity index (χ1n) is 6.92. The second-order valence-corrected chi connectivity index (χ2v) is 4.77. The van der Waals surface area contributed by atoms with Gasteiger partial charge in [-0.3, -0.25) is 9.59 Å². The average Bonchev–Trinajstić information content (AvgIpc) is 2.93. The lowest BCUT2D eigenvalue weighted by atomic mass is 10.2. The predicted octanol–water partition coefficient (Wildman–Crippen LogP) is 1.91. The molecule has 0 unspecified atom stereocenters. The highest BCUT2D eigenvalue weighted by Crippen LogP contribution is 2.16. The van der Waals surface area contributed by atoms with Crippen molar-refractivity contribution in [2.24, 2.45) is 5.73 Å². The van der Waals surface area contributed by atoms with Crippen LogP contribution < -0.4 is 16.4 Å². The molecule has 0 spiro atoms. The third kappa shape index (κ3) is 4.16. The summed E-state index contributed by atoms with van der Waals surface area (Å²) in [7, 11) is 0. The molecule has 0 bridgehead atoms. The van der Waals surface area contributed by atoms with E-state index in [-0.39, 0.29) is 11.8 Å². The van der Waals surface area contributed by atoms with Crippen molar-refractivity contribution in [2.45, 2.75) is 19.8 Å². The minimum absolute atomic E-state index is 0.0812. The summed E-state index contributed by atoms with van der Waals surface area (Å²) in [5, 5.41) is 9.06. The van der Waals surface area contributed by atoms with Gasteiger partial charge in [0.25, 0.3) is 5.91 Å². The molecule has 2 rings (SSSR count). The summed E-state index contributed by atoms with van der Waals surface area (Å²) < 4.78 is 4.85. The van der Waals surface area contributed by atoms with Gasteiger partial charge in [-0.25, -0.2) is 0 Å². The van der Waals surface area contributed by atoms with E-state index >= 15 is 0 Å². The molecule has 0 aliphatic carbocycles. The molecule has 1 heterocycles. The number of nitrogens with one attached hydrogen (secondary N) is 2. The molecular formula is C15H18N4O3. The monoisotopic (exact) mass is 302 g/mol. The van der Waals surface area contributed by atoms with Crippen molar-refractivity contribution in [2.75, 3.05) is 17.2 Å². The van der Waals surface area contributed by atoms with E-state index in [4.69, 9.17) is 10.3 Å². The Balaban J connectivity index is 1.93. The van der Waals surface area contributed by atoms with Gasteiger partial charge in [-0.1, -0.05) is 5.16 Å². The van der Waals surface area contributed by atoms with Crippen LogP contribution in [0.25, 0.3) is 0 Å². The maximum absolute atomic E-state index is 12.0. The predicted molar refractivity (Wildman–Crippen MR) is 82.6 cm³/mol. The van der Waals surface area contributed by atoms with E-state index < -0.39 is 0 Å². The van der Waals surface area contributed by atoms with Crippen LogP contribution in [-0.4, -0.2) is 23.5 Å². The van der Waals surface area contributed by atoms with Crippen LogP contribution in [0.3, 0.4) is 0 Å². The minimum atomic E-state index is -0.293. The zero-order valence-electron chi connectivity index (χ0n) is 12.3. The number of nitrogens with zero attached hydrogens (tertiary/aromatic N) is 1. The number of nitrogens with two attached hydrogens (primary N) is 1. The van der Waals surface area contributed by atoms with E-state index in [1.54, 1.807) is 31.2 Å². The van der Waals surface area contributed by atoms with Gasteiger partial charge in [0.1, 0.15) is 11.3 Å². The van der Waals surface area contributed by atoms with Crippen molar-refractivity contribution < 1.29 is 14.1 Å². The number of benzene rings is 1. The number of carbonyl (C=O) groups is 2. The Morgan fingerprint density at radius 3 is 2.36 bits per heavy atom. The quantitative estimate of drug-likeness (QED) is 0.755. The van der Waals surface area contributed by atoms with E-state index in [0.717, 1.165) is 0 Å². The maximum atomic E-state index is 12.0. The third-order valence-corrected chi connectivity index (χ3v) is 3.03. The van der Waals surface area contributed by atoms with Crippen molar-refractivity contribution in [1.82, 2.24) is 5.16 Å². The molecule has 2 amide bonds. The fourth-order valence-electron chi connectivity index (χ4n) is 1.84. The summed E-state index contributed by atoms with van der Waals surface area (Å²) in [4.78, 5) is 23.6. The van der Waals surface area contributed by atoms with Crippen LogP contribution in [0.15, 0.2) is 35.0 Å². The summed E-state index contributed by atoms with van der Waals surface area (Å²) in [5.74, 6) is 0.0853. The SMILES string of the molecule is Cc1oncc1C(=O)Nc1ccc(NC(=O)CCCN)cc1. The molecule has 0 fully saturated rings. The standard InChI is InChI=1S/C15H18N4O3/c1-10-13(9-17-22-10)15(21)19-12-6-4-11(5-7-12)18-14(20)3-2-8-16/h4-7,9H,2-3,8,16H2,1H3,(H,18,20)(H,19,21). The van der Waals surface area contributed by atoms with E-state index in [0.29, 0.717) is 42.1 Å². The largest absolute Gasteiger partial charge is 0.361 e. The summed E-state index contributed by atoms with van der Waals surface area (Å²) in [6.07, 6.45) is 2.41. The number of hydrogen-bond acceptors (Lipinski definition) is 5. The molecule has 0 atom stereocenters. The molecular weight excluding hydrogens is 284 g/mol. The molecule has 1 aromatic heterocycles. The first kappa shape index (κ1) is 15.7. The topological polar surface area (TPSA) is 110 Å². The number of carbonyl (C=O) groups excluding carboxylic acids is 2. The van der Waals surface area contributed by atoms with Crippen LogP contribution in [0, 0.1) is 6.92 Å². The highest BCUT2D eigenvalue weighted by Gasteiger charge is 2.12. The van der Waals surface area contributed by atoms with Crippen LogP contribution in [0.5, 0.6) is 0 Å². The minimum Gasteiger partial charge on any atom is -0.361 e. The molecule has 0 saturated heterocycles. The number of aromatic nitrogens is 1. The highest BCUT2D eigenvalue weighted by atomic mass is 16.5. The molecule has 4 N–H and O–H groups in total. The fourth-order valence-corrected chi connectivity index (χ4v) is 1.84. The first-order chi connectivity index (χ1) is 10.6. The lowest BCUT2D eigenvalue weighted by molar-refractivity contribution is -0.116. The van der Waals surface area contributed by atoms with Gasteiger partial charge in [-0.05, 0) is 44.2 Å². The summed E-state index contributed by atoms with van der Waals surface area (Å²) >= 11 is 0. The van der Waals surface area contributed by atoms with Crippen LogP contribution in [0.4, 0.5) is 11.4 Å². The molecule has 116 valence electrons. The van der Waals surface area contributed by atoms with Crippen LogP contribution in [0.2, 0.25) is 0 Å². The Kier molecular flexibility index (Phi) is 5.26. The third-order valence-electron chi connectivity index (χ3n) is 3.03. The van der Waals surface area contributed by atoms with Gasteiger partial charge in [-0.15, -0.1) is 0 Å². The molecule has 0 aliphatic rings. The van der Waals surface area contributed by atoms with Crippen molar-refractivity contribution >= 4 is 23.2 Å². The highest BCUT2D eigenvalue weighted by molar-refractivity contribution is 6.04. The Morgan fingerprint density at radius 2 is 1.82 bits per heavy atom. The van der Waals surface area contributed by atoms with Crippen LogP contribution in [0.1, 0.15) is 29.0 Å². The van der Waals surface area contributed by atoms with Crippen molar-refractivity contribution in [3.63, 3.8) is 0 Å². The lowest BCUT2D eigenvalue weighted by Gasteiger charge is -2.07. The summed E-state index contributed by atoms with van der Waals surface area (Å²) in [6, 6.07) is 6.85. The number of hydrogen-bond donors (Lipinski definition) is 3. The van der Waals surface area contributed by atoms with Gasteiger partial charge in [0.05, 0.1) is 6.20 Å². The zero-order chi connectivity index (χ0) is 15.9. The number of amides is 2. The smallest absolute Gasteiger partial charge is 0.260 e. The van der Waals surface area contributed by atoms with Gasteiger partial charge in [0.15, 0.2) is 0 Å². The zero-order valence-corrected chi connectivity index (χ0v) is 12.3. The Bertz CT molecular complexity index is 649. The number of rotatable bonds is 6. The Labute approximate surface area is 127 Å². The van der Waals surface area contributed by atoms with Gasteiger partial charge in [0, 0.05) is 17.8 Å². The average molecular weight is 302 g/mol. The lowest BCUT2D eigenvalue weighted by Crippen LogP contribution is -2.14. The molecule has 0 radical (unpaired) electrons. The van der Waals surface area contributed by atoms with Crippen LogP contribution >= 0.6 is 0 Å². The second-order valence-electron chi connectivity index (χ2n) is 4.77. The molecule has 22 heavy (non-hydrogen) atoms. The molecule has 7 nitrogen and oxygen atoms in total. The van der Waals surface area contributed by atoms with Gasteiger partial charge >= 0.3 is 0 Å². The molecule has 1 aromatic carbocycles. The van der Waals surface area contributed by atoms with Crippen molar-refractivity contribution in [3.05, 3.63) is 41.8 Å². The number of aryl methyl sites for hydroxylation is 1. The second kappa shape index (κ2) is 7.37. The van der Waals surface area contributed by atoms with Crippen LogP contribution in [-0.2, 0) is 4.79 Å². The summed E-state index contributed by atoms with van der Waals surface area (Å²) in [6.45, 7) is 2.16. The van der Waals surface area contributed by atoms with Crippen molar-refractivity contribution in [1.29, 1.82) is 0 Å². The van der Waals surface area contributed by atoms with Gasteiger partial charge in [0.2, 0.25) is 5.91 Å². The van der Waals surface area contributed by atoms with Gasteiger partial charge in [-0.2, -0.15) is 0 Å². The van der Waals surface area contributed by atoms with E-state index in [2.05, 4.69) is 15.8 Å². The molecule has 2 aromatic rings. The first-order valence-corrected chi connectivity index (χ1v) is 6.92. The molecule has 0 saturated carbocycles. The molecule has 7 heteroatoms. The van der Waals surface area contributed by atoms with E-state index in [1.807, 2.05) is 0 Å². The number of anilines is 2. The Morgan fingerprint density at radius 1 is 1.18 bits per heavy atom. The van der Waals surface area contributed by atoms with Gasteiger partial charge < -0.3 is 20.9 Å². The normalized spacial score (nSPS) is 10.3. The fraction of sp³-hybridized carbons (Fsp3) is 0.267. The Hall–Kier alpha value is -2.67. The van der Waals surface area contributed by atoms with E-state index in [9.17, 15) is 9.59 Å². The van der Waals surface area contributed by atoms with E-state index in [1.165, 1.54) is 6.20 Å².